The Morgan fingerprint density at radius 1 is 1.13 bits per heavy atom. The normalized spacial score (nSPS) is 14.4. The third-order valence-corrected chi connectivity index (χ3v) is 6.22. The molecule has 162 valence electrons. The summed E-state index contributed by atoms with van der Waals surface area (Å²) in [5, 5.41) is 5.40. The number of carbonyl (C=O) groups is 1. The van der Waals surface area contributed by atoms with Crippen LogP contribution in [0.25, 0.3) is 0 Å². The van der Waals surface area contributed by atoms with Crippen molar-refractivity contribution in [2.45, 2.75) is 45.4 Å². The van der Waals surface area contributed by atoms with E-state index in [9.17, 15) is 4.79 Å². The van der Waals surface area contributed by atoms with Crippen LogP contribution in [0.15, 0.2) is 54.6 Å². The number of aromatic nitrogens is 2. The number of rotatable bonds is 7. The number of aryl methyl sites for hydroxylation is 1. The molecule has 0 N–H and O–H groups in total. The van der Waals surface area contributed by atoms with E-state index in [4.69, 9.17) is 16.3 Å². The van der Waals surface area contributed by atoms with E-state index in [0.717, 1.165) is 41.8 Å². The van der Waals surface area contributed by atoms with Gasteiger partial charge in [-0.2, -0.15) is 5.10 Å². The fourth-order valence-corrected chi connectivity index (χ4v) is 4.40. The molecule has 4 rings (SSSR count). The minimum absolute atomic E-state index is 0.107. The molecule has 2 aromatic carbocycles. The quantitative estimate of drug-likeness (QED) is 0.529. The number of hydrogen-bond acceptors (Lipinski definition) is 3. The van der Waals surface area contributed by atoms with E-state index in [2.05, 4.69) is 12.0 Å². The van der Waals surface area contributed by atoms with Gasteiger partial charge < -0.3 is 9.64 Å². The van der Waals surface area contributed by atoms with Gasteiger partial charge >= 0.3 is 0 Å². The van der Waals surface area contributed by atoms with Crippen LogP contribution in [0.3, 0.4) is 0 Å². The van der Waals surface area contributed by atoms with Crippen molar-refractivity contribution in [2.75, 3.05) is 6.54 Å². The van der Waals surface area contributed by atoms with Crippen molar-refractivity contribution < 1.29 is 9.53 Å². The number of halogens is 1. The van der Waals surface area contributed by atoms with Gasteiger partial charge in [0.25, 0.3) is 0 Å². The van der Waals surface area contributed by atoms with Gasteiger partial charge in [-0.15, -0.1) is 0 Å². The van der Waals surface area contributed by atoms with Crippen LogP contribution in [-0.2, 0) is 42.8 Å². The van der Waals surface area contributed by atoms with E-state index in [-0.39, 0.29) is 11.8 Å². The number of carbonyl (C=O) groups excluding carboxylic acids is 1. The van der Waals surface area contributed by atoms with Crippen LogP contribution in [0.4, 0.5) is 0 Å². The van der Waals surface area contributed by atoms with E-state index < -0.39 is 0 Å². The molecule has 1 atom stereocenters. The van der Waals surface area contributed by atoms with Crippen LogP contribution in [-0.4, -0.2) is 27.1 Å². The highest BCUT2D eigenvalue weighted by Crippen LogP contribution is 2.28. The first kappa shape index (κ1) is 21.6. The first-order chi connectivity index (χ1) is 15.1. The second-order valence-corrected chi connectivity index (χ2v) is 8.43. The van der Waals surface area contributed by atoms with Crippen molar-refractivity contribution in [1.82, 2.24) is 14.7 Å². The van der Waals surface area contributed by atoms with Crippen LogP contribution in [0, 0.1) is 0 Å². The predicted octanol–water partition coefficient (Wildman–Crippen LogP) is 4.87. The summed E-state index contributed by atoms with van der Waals surface area (Å²) in [6.45, 7) is 4.30. The van der Waals surface area contributed by atoms with Crippen molar-refractivity contribution in [3.05, 3.63) is 87.7 Å². The Morgan fingerprint density at radius 2 is 1.87 bits per heavy atom. The smallest absolute Gasteiger partial charge is 0.230 e. The molecular weight excluding hydrogens is 410 g/mol. The van der Waals surface area contributed by atoms with E-state index >= 15 is 0 Å². The molecule has 0 aliphatic carbocycles. The molecule has 1 amide bonds. The van der Waals surface area contributed by atoms with E-state index in [1.54, 1.807) is 0 Å². The molecule has 6 heteroatoms. The zero-order valence-corrected chi connectivity index (χ0v) is 18.8. The standard InChI is InChI=1S/C25H28ClN3O2/c1-3-21(19-7-5-4-6-8-19)25(30)29-14-13-24-22(15-29)23(27-28(24)2)17-31-16-18-9-11-20(26)12-10-18/h4-12,21H,3,13-17H2,1-2H3. The molecule has 0 saturated heterocycles. The Hall–Kier alpha value is -2.63. The van der Waals surface area contributed by atoms with Crippen LogP contribution in [0.2, 0.25) is 5.02 Å². The number of benzene rings is 2. The maximum atomic E-state index is 13.3. The van der Waals surface area contributed by atoms with E-state index in [1.807, 2.05) is 71.2 Å². The van der Waals surface area contributed by atoms with Crippen molar-refractivity contribution in [2.24, 2.45) is 7.05 Å². The first-order valence-electron chi connectivity index (χ1n) is 10.8. The molecule has 2 heterocycles. The van der Waals surface area contributed by atoms with Crippen LogP contribution in [0.5, 0.6) is 0 Å². The Bertz CT molecular complexity index is 1030. The van der Waals surface area contributed by atoms with Gasteiger partial charge in [-0.25, -0.2) is 0 Å². The Balaban J connectivity index is 1.45. The number of hydrogen-bond donors (Lipinski definition) is 0. The lowest BCUT2D eigenvalue weighted by molar-refractivity contribution is -0.133. The second-order valence-electron chi connectivity index (χ2n) is 8.00. The molecule has 1 aromatic heterocycles. The summed E-state index contributed by atoms with van der Waals surface area (Å²) >= 11 is 5.95. The second kappa shape index (κ2) is 9.67. The SMILES string of the molecule is CCC(C(=O)N1CCc2c(c(COCc3ccc(Cl)cc3)nn2C)C1)c1ccccc1. The number of nitrogens with zero attached hydrogens (tertiary/aromatic N) is 3. The molecular formula is C25H28ClN3O2. The molecule has 5 nitrogen and oxygen atoms in total. The van der Waals surface area contributed by atoms with Gasteiger partial charge in [-0.1, -0.05) is 61.0 Å². The Labute approximate surface area is 188 Å². The van der Waals surface area contributed by atoms with Gasteiger partial charge in [-0.05, 0) is 29.7 Å². The molecule has 0 bridgehead atoms. The van der Waals surface area contributed by atoms with Crippen molar-refractivity contribution in [3.63, 3.8) is 0 Å². The average molecular weight is 438 g/mol. The highest BCUT2D eigenvalue weighted by atomic mass is 35.5. The summed E-state index contributed by atoms with van der Waals surface area (Å²) in [6.07, 6.45) is 1.60. The summed E-state index contributed by atoms with van der Waals surface area (Å²) < 4.78 is 7.87. The fourth-order valence-electron chi connectivity index (χ4n) is 4.28. The van der Waals surface area contributed by atoms with E-state index in [0.29, 0.717) is 24.8 Å². The van der Waals surface area contributed by atoms with Crippen molar-refractivity contribution >= 4 is 17.5 Å². The maximum absolute atomic E-state index is 13.3. The summed E-state index contributed by atoms with van der Waals surface area (Å²) in [7, 11) is 1.97. The molecule has 0 fully saturated rings. The van der Waals surface area contributed by atoms with Gasteiger partial charge in [0.1, 0.15) is 0 Å². The maximum Gasteiger partial charge on any atom is 0.230 e. The molecule has 1 aliphatic rings. The summed E-state index contributed by atoms with van der Waals surface area (Å²) in [6, 6.07) is 17.7. The van der Waals surface area contributed by atoms with Gasteiger partial charge in [0.2, 0.25) is 5.91 Å². The van der Waals surface area contributed by atoms with Crippen molar-refractivity contribution in [3.8, 4) is 0 Å². The van der Waals surface area contributed by atoms with Crippen LogP contribution >= 0.6 is 11.6 Å². The summed E-state index contributed by atoms with van der Waals surface area (Å²) in [5.41, 5.74) is 5.39. The highest BCUT2D eigenvalue weighted by molar-refractivity contribution is 6.30. The summed E-state index contributed by atoms with van der Waals surface area (Å²) in [5.74, 6) is 0.0836. The average Bonchev–Trinajstić information content (AvgIpc) is 3.11. The zero-order valence-electron chi connectivity index (χ0n) is 18.1. The monoisotopic (exact) mass is 437 g/mol. The molecule has 0 saturated carbocycles. The molecule has 1 unspecified atom stereocenters. The lowest BCUT2D eigenvalue weighted by Crippen LogP contribution is -2.39. The lowest BCUT2D eigenvalue weighted by atomic mass is 9.93. The topological polar surface area (TPSA) is 47.4 Å². The first-order valence-corrected chi connectivity index (χ1v) is 11.1. The lowest BCUT2D eigenvalue weighted by Gasteiger charge is -2.31. The number of ether oxygens (including phenoxy) is 1. The van der Waals surface area contributed by atoms with Crippen molar-refractivity contribution in [1.29, 1.82) is 0 Å². The van der Waals surface area contributed by atoms with Crippen LogP contribution in [0.1, 0.15) is 47.3 Å². The van der Waals surface area contributed by atoms with Gasteiger partial charge in [0, 0.05) is 42.8 Å². The minimum atomic E-state index is -0.107. The molecule has 31 heavy (non-hydrogen) atoms. The van der Waals surface area contributed by atoms with Gasteiger partial charge in [0.05, 0.1) is 24.8 Å². The fraction of sp³-hybridized carbons (Fsp3) is 0.360. The largest absolute Gasteiger partial charge is 0.370 e. The number of amides is 1. The third kappa shape index (κ3) is 4.83. The Kier molecular flexibility index (Phi) is 6.73. The van der Waals surface area contributed by atoms with Gasteiger partial charge in [-0.3, -0.25) is 9.48 Å². The third-order valence-electron chi connectivity index (χ3n) is 5.97. The predicted molar refractivity (Wildman–Crippen MR) is 122 cm³/mol. The highest BCUT2D eigenvalue weighted by Gasteiger charge is 2.30. The molecule has 1 aliphatic heterocycles. The van der Waals surface area contributed by atoms with Gasteiger partial charge in [0.15, 0.2) is 0 Å². The zero-order chi connectivity index (χ0) is 21.8. The Morgan fingerprint density at radius 3 is 2.58 bits per heavy atom. The molecule has 0 spiro atoms. The summed E-state index contributed by atoms with van der Waals surface area (Å²) in [4.78, 5) is 15.3. The van der Waals surface area contributed by atoms with E-state index in [1.165, 1.54) is 5.69 Å². The number of fused-ring (bicyclic) bond motifs is 1. The molecule has 3 aromatic rings. The van der Waals surface area contributed by atoms with Crippen LogP contribution < -0.4 is 0 Å². The molecule has 0 radical (unpaired) electrons. The minimum Gasteiger partial charge on any atom is -0.370 e.